The van der Waals surface area contributed by atoms with E-state index in [1.807, 2.05) is 83.1 Å². The number of likely N-dealkylation sites (tertiary alicyclic amines) is 2. The Morgan fingerprint density at radius 1 is 0.796 bits per heavy atom. The minimum Gasteiger partial charge on any atom is -0.493 e. The van der Waals surface area contributed by atoms with Gasteiger partial charge in [-0.05, 0) is 62.1 Å². The Balaban J connectivity index is -0.000000245. The summed E-state index contributed by atoms with van der Waals surface area (Å²) in [6.07, 6.45) is 15.1. The normalized spacial score (nSPS) is 16.3. The molecule has 0 spiro atoms. The molecule has 0 amide bonds. The summed E-state index contributed by atoms with van der Waals surface area (Å²) >= 11 is 0. The minimum absolute atomic E-state index is 0.274. The highest BCUT2D eigenvalue weighted by molar-refractivity contribution is 5.77. The van der Waals surface area contributed by atoms with Gasteiger partial charge in [-0.2, -0.15) is 0 Å². The summed E-state index contributed by atoms with van der Waals surface area (Å²) < 4.78 is 5.65. The van der Waals surface area contributed by atoms with Crippen molar-refractivity contribution in [2.45, 2.75) is 207 Å². The number of benzene rings is 1. The van der Waals surface area contributed by atoms with Gasteiger partial charge in [0, 0.05) is 37.8 Å². The topological polar surface area (TPSA) is 32.8 Å². The molecule has 2 fully saturated rings. The van der Waals surface area contributed by atoms with Crippen LogP contribution in [0.5, 0.6) is 5.75 Å². The molecule has 4 nitrogen and oxygen atoms in total. The number of hydrogen-bond acceptors (Lipinski definition) is 4. The highest BCUT2D eigenvalue weighted by atomic mass is 16.5. The van der Waals surface area contributed by atoms with Gasteiger partial charge in [-0.3, -0.25) is 9.69 Å². The fourth-order valence-corrected chi connectivity index (χ4v) is 5.75. The molecule has 1 aromatic carbocycles. The first-order valence-electron chi connectivity index (χ1n) is 21.3. The van der Waals surface area contributed by atoms with Crippen LogP contribution in [0.15, 0.2) is 30.5 Å². The van der Waals surface area contributed by atoms with Crippen molar-refractivity contribution in [3.8, 4) is 5.75 Å². The fraction of sp³-hybridized carbons (Fsp3) is 0.800. The lowest BCUT2D eigenvalue weighted by Crippen LogP contribution is -2.34. The number of ketones is 1. The van der Waals surface area contributed by atoms with E-state index in [2.05, 4.69) is 62.3 Å². The van der Waals surface area contributed by atoms with Crippen molar-refractivity contribution >= 4 is 5.78 Å². The van der Waals surface area contributed by atoms with E-state index in [-0.39, 0.29) is 5.78 Å². The van der Waals surface area contributed by atoms with E-state index in [1.54, 1.807) is 6.92 Å². The monoisotopic (exact) mass is 693 g/mol. The third kappa shape index (κ3) is 27.6. The molecule has 1 aromatic rings. The van der Waals surface area contributed by atoms with E-state index in [0.29, 0.717) is 18.5 Å². The first-order valence-corrected chi connectivity index (χ1v) is 21.3. The number of fused-ring (bicyclic) bond motifs is 1. The third-order valence-corrected chi connectivity index (χ3v) is 7.86. The number of hydrogen-bond donors (Lipinski definition) is 0. The molecule has 3 heterocycles. The van der Waals surface area contributed by atoms with E-state index in [1.165, 1.54) is 81.2 Å². The molecule has 49 heavy (non-hydrogen) atoms. The largest absolute Gasteiger partial charge is 0.493 e. The number of Topliss-reactive ketones (excluding diaryl/α,β-unsaturated/α-hetero) is 1. The number of ether oxygens (including phenoxy) is 1. The fourth-order valence-electron chi connectivity index (χ4n) is 5.75. The summed E-state index contributed by atoms with van der Waals surface area (Å²) in [4.78, 5) is 16.7. The quantitative estimate of drug-likeness (QED) is 0.231. The van der Waals surface area contributed by atoms with Crippen molar-refractivity contribution in [1.29, 1.82) is 0 Å². The minimum atomic E-state index is 0.274. The molecule has 3 aliphatic rings. The standard InChI is InChI=1S/C23H32N2O2.2C5H12.6C2H6/c1-17-5-3-10-24(17)11-4-6-22-14-21(16-25(22)15-18(2)26)19-7-8-23-20(13-19)9-12-27-23;2*1-3-5-4-2;6*1-2/h7-8,13,21-22H,1,3-6,9-12,14-16H2,2H3;2*3-5H2,1-2H3;6*1-2H3. The van der Waals surface area contributed by atoms with Crippen LogP contribution in [0.3, 0.4) is 0 Å². The summed E-state index contributed by atoms with van der Waals surface area (Å²) in [5, 5.41) is 0. The Morgan fingerprint density at radius 3 is 1.76 bits per heavy atom. The van der Waals surface area contributed by atoms with Crippen molar-refractivity contribution < 1.29 is 9.53 Å². The maximum atomic E-state index is 11.8. The van der Waals surface area contributed by atoms with Crippen molar-refractivity contribution in [3.63, 3.8) is 0 Å². The van der Waals surface area contributed by atoms with Gasteiger partial charge in [-0.15, -0.1) is 0 Å². The molecule has 0 aromatic heterocycles. The van der Waals surface area contributed by atoms with E-state index in [9.17, 15) is 4.79 Å². The predicted molar refractivity (Wildman–Crippen MR) is 227 cm³/mol. The number of rotatable bonds is 11. The SMILES string of the molecule is C=C1CCCN1CCCC1CC(c2ccc3c(c2)CCO3)CN1CC(C)=O.CC.CC.CC.CC.CC.CC.CCCCC.CCCCC. The molecule has 0 radical (unpaired) electrons. The van der Waals surface area contributed by atoms with Crippen LogP contribution < -0.4 is 4.74 Å². The van der Waals surface area contributed by atoms with Crippen LogP contribution in [0.2, 0.25) is 0 Å². The molecule has 294 valence electrons. The first-order chi connectivity index (χ1) is 23.9. The summed E-state index contributed by atoms with van der Waals surface area (Å²) in [5.74, 6) is 1.86. The molecule has 2 saturated heterocycles. The lowest BCUT2D eigenvalue weighted by atomic mass is 9.93. The maximum Gasteiger partial charge on any atom is 0.143 e. The smallest absolute Gasteiger partial charge is 0.143 e. The molecule has 0 aliphatic carbocycles. The number of unbranched alkanes of at least 4 members (excludes halogenated alkanes) is 4. The zero-order valence-electron chi connectivity index (χ0n) is 36.8. The van der Waals surface area contributed by atoms with Gasteiger partial charge in [0.05, 0.1) is 13.2 Å². The molecule has 4 heteroatoms. The Kier molecular flexibility index (Phi) is 51.0. The molecule has 3 aliphatic heterocycles. The lowest BCUT2D eigenvalue weighted by molar-refractivity contribution is -0.118. The highest BCUT2D eigenvalue weighted by Gasteiger charge is 2.33. The third-order valence-electron chi connectivity index (χ3n) is 7.86. The molecular formula is C45H92N2O2. The number of carbonyl (C=O) groups is 1. The second kappa shape index (κ2) is 44.2. The first kappa shape index (κ1) is 56.6. The molecule has 2 atom stereocenters. The van der Waals surface area contributed by atoms with Crippen molar-refractivity contribution in [2.24, 2.45) is 0 Å². The van der Waals surface area contributed by atoms with E-state index < -0.39 is 0 Å². The summed E-state index contributed by atoms with van der Waals surface area (Å²) in [7, 11) is 0. The molecule has 2 unspecified atom stereocenters. The van der Waals surface area contributed by atoms with Gasteiger partial charge in [0.25, 0.3) is 0 Å². The molecule has 0 bridgehead atoms. The molecular weight excluding hydrogens is 601 g/mol. The van der Waals surface area contributed by atoms with Gasteiger partial charge in [-0.1, -0.05) is 168 Å². The van der Waals surface area contributed by atoms with E-state index >= 15 is 0 Å². The van der Waals surface area contributed by atoms with Crippen LogP contribution in [-0.4, -0.2) is 54.4 Å². The van der Waals surface area contributed by atoms with Crippen LogP contribution in [0, 0.1) is 0 Å². The van der Waals surface area contributed by atoms with Gasteiger partial charge in [0.2, 0.25) is 0 Å². The van der Waals surface area contributed by atoms with Crippen molar-refractivity contribution in [3.05, 3.63) is 41.6 Å². The molecule has 0 N–H and O–H groups in total. The maximum absolute atomic E-state index is 11.8. The van der Waals surface area contributed by atoms with E-state index in [0.717, 1.165) is 44.7 Å². The Bertz CT molecular complexity index is 797. The number of allylic oxidation sites excluding steroid dienone is 1. The molecule has 4 rings (SSSR count). The zero-order valence-corrected chi connectivity index (χ0v) is 36.8. The van der Waals surface area contributed by atoms with Crippen LogP contribution in [0.25, 0.3) is 0 Å². The van der Waals surface area contributed by atoms with E-state index in [4.69, 9.17) is 4.74 Å². The van der Waals surface area contributed by atoms with Crippen LogP contribution in [0.4, 0.5) is 0 Å². The summed E-state index contributed by atoms with van der Waals surface area (Å²) in [5.41, 5.74) is 4.07. The van der Waals surface area contributed by atoms with Gasteiger partial charge >= 0.3 is 0 Å². The predicted octanol–water partition coefficient (Wildman–Crippen LogP) is 14.3. The molecule has 0 saturated carbocycles. The Hall–Kier alpha value is -1.81. The van der Waals surface area contributed by atoms with Gasteiger partial charge < -0.3 is 9.64 Å². The average molecular weight is 693 g/mol. The van der Waals surface area contributed by atoms with Crippen molar-refractivity contribution in [1.82, 2.24) is 9.80 Å². The van der Waals surface area contributed by atoms with Gasteiger partial charge in [0.1, 0.15) is 11.5 Å². The number of nitrogens with zero attached hydrogens (tertiary/aromatic N) is 2. The second-order valence-corrected chi connectivity index (χ2v) is 11.2. The van der Waals surface area contributed by atoms with Crippen LogP contribution in [-0.2, 0) is 11.2 Å². The van der Waals surface area contributed by atoms with Crippen LogP contribution in [0.1, 0.15) is 205 Å². The Morgan fingerprint density at radius 2 is 1.33 bits per heavy atom. The lowest BCUT2D eigenvalue weighted by Gasteiger charge is -2.25. The van der Waals surface area contributed by atoms with Gasteiger partial charge in [0.15, 0.2) is 0 Å². The second-order valence-electron chi connectivity index (χ2n) is 11.2. The highest BCUT2D eigenvalue weighted by Crippen LogP contribution is 2.36. The average Bonchev–Trinajstić information content (AvgIpc) is 3.91. The van der Waals surface area contributed by atoms with Crippen LogP contribution >= 0.6 is 0 Å². The summed E-state index contributed by atoms with van der Waals surface area (Å²) in [6.45, 7) is 43.4. The number of carbonyl (C=O) groups excluding carboxylic acids is 1. The van der Waals surface area contributed by atoms with Crippen molar-refractivity contribution in [2.75, 3.05) is 32.8 Å². The van der Waals surface area contributed by atoms with Gasteiger partial charge in [-0.25, -0.2) is 0 Å². The Labute approximate surface area is 311 Å². The summed E-state index contributed by atoms with van der Waals surface area (Å²) in [6, 6.07) is 7.23. The zero-order chi connectivity index (χ0) is 39.0.